The van der Waals surface area contributed by atoms with Gasteiger partial charge in [-0.1, -0.05) is 6.07 Å². The summed E-state index contributed by atoms with van der Waals surface area (Å²) in [5.41, 5.74) is 2.22. The topological polar surface area (TPSA) is 96.8 Å². The Morgan fingerprint density at radius 2 is 2.13 bits per heavy atom. The van der Waals surface area contributed by atoms with Crippen molar-refractivity contribution in [3.05, 3.63) is 60.4 Å². The zero-order valence-corrected chi connectivity index (χ0v) is 17.8. The zero-order valence-electron chi connectivity index (χ0n) is 16.2. The highest BCUT2D eigenvalue weighted by atomic mass is 32.2. The maximum absolute atomic E-state index is 13.5. The summed E-state index contributed by atoms with van der Waals surface area (Å²) in [6, 6.07) is 12.3. The van der Waals surface area contributed by atoms with Crippen LogP contribution in [0.5, 0.6) is 5.75 Å². The van der Waals surface area contributed by atoms with Crippen LogP contribution in [0.1, 0.15) is 24.3 Å². The molecule has 7 nitrogen and oxygen atoms in total. The maximum Gasteiger partial charge on any atom is 0.303 e. The average Bonchev–Trinajstić information content (AvgIpc) is 3.38. The van der Waals surface area contributed by atoms with Crippen LogP contribution in [0.3, 0.4) is 0 Å². The van der Waals surface area contributed by atoms with E-state index < -0.39 is 16.0 Å². The van der Waals surface area contributed by atoms with Crippen molar-refractivity contribution in [1.29, 1.82) is 0 Å². The molecule has 1 aliphatic rings. The summed E-state index contributed by atoms with van der Waals surface area (Å²) in [4.78, 5) is 16.0. The molecule has 1 atom stereocenters. The number of sulfonamides is 1. The van der Waals surface area contributed by atoms with Crippen LogP contribution in [0, 0.1) is 0 Å². The monoisotopic (exact) mass is 444 g/mol. The Hall–Kier alpha value is -2.91. The molecule has 0 amide bonds. The second kappa shape index (κ2) is 8.08. The molecule has 0 spiro atoms. The zero-order chi connectivity index (χ0) is 21.3. The summed E-state index contributed by atoms with van der Waals surface area (Å²) in [5, 5.41) is 9.08. The van der Waals surface area contributed by atoms with Crippen molar-refractivity contribution in [2.75, 3.05) is 18.0 Å². The molecule has 1 aliphatic heterocycles. The SMILES string of the molecule is COc1ccc2c(c1)C(CCC(=O)O)CN2S(=O)(=O)c1ccc(-c2cccnc2)s1. The molecule has 0 aliphatic carbocycles. The Balaban J connectivity index is 1.69. The highest BCUT2D eigenvalue weighted by Gasteiger charge is 2.37. The minimum atomic E-state index is -3.79. The maximum atomic E-state index is 13.5. The van der Waals surface area contributed by atoms with E-state index in [1.54, 1.807) is 55.9 Å². The number of hydrogen-bond acceptors (Lipinski definition) is 6. The van der Waals surface area contributed by atoms with Gasteiger partial charge in [0.15, 0.2) is 0 Å². The first-order chi connectivity index (χ1) is 14.4. The molecule has 0 radical (unpaired) electrons. The number of benzene rings is 1. The van der Waals surface area contributed by atoms with Gasteiger partial charge in [-0.2, -0.15) is 0 Å². The fourth-order valence-corrected chi connectivity index (χ4v) is 6.56. The van der Waals surface area contributed by atoms with Gasteiger partial charge in [-0.05, 0) is 48.4 Å². The number of aliphatic carboxylic acids is 1. The lowest BCUT2D eigenvalue weighted by molar-refractivity contribution is -0.137. The van der Waals surface area contributed by atoms with Crippen LogP contribution in [0.25, 0.3) is 10.4 Å². The molecule has 30 heavy (non-hydrogen) atoms. The third kappa shape index (κ3) is 3.78. The second-order valence-corrected chi connectivity index (χ2v) is 10.1. The third-order valence-corrected chi connectivity index (χ3v) is 8.49. The molecule has 0 fully saturated rings. The van der Waals surface area contributed by atoms with Crippen LogP contribution >= 0.6 is 11.3 Å². The lowest BCUT2D eigenvalue weighted by atomic mass is 9.96. The number of carbonyl (C=O) groups is 1. The molecule has 1 N–H and O–H groups in total. The number of hydrogen-bond donors (Lipinski definition) is 1. The summed E-state index contributed by atoms with van der Waals surface area (Å²) in [6.45, 7) is 0.207. The van der Waals surface area contributed by atoms with E-state index in [1.165, 1.54) is 15.6 Å². The van der Waals surface area contributed by atoms with Crippen LogP contribution in [0.2, 0.25) is 0 Å². The van der Waals surface area contributed by atoms with Crippen molar-refractivity contribution in [3.63, 3.8) is 0 Å². The normalized spacial score (nSPS) is 15.8. The number of thiophene rings is 1. The van der Waals surface area contributed by atoms with E-state index in [0.717, 1.165) is 16.0 Å². The number of pyridine rings is 1. The van der Waals surface area contributed by atoms with E-state index >= 15 is 0 Å². The summed E-state index contributed by atoms with van der Waals surface area (Å²) < 4.78 is 33.8. The van der Waals surface area contributed by atoms with Crippen molar-refractivity contribution >= 4 is 33.0 Å². The number of carboxylic acids is 1. The molecule has 0 bridgehead atoms. The number of anilines is 1. The predicted octanol–water partition coefficient (Wildman–Crippen LogP) is 3.98. The van der Waals surface area contributed by atoms with Crippen molar-refractivity contribution in [2.45, 2.75) is 23.0 Å². The molecule has 3 heterocycles. The van der Waals surface area contributed by atoms with Gasteiger partial charge in [0.1, 0.15) is 9.96 Å². The molecular formula is C21H20N2O5S2. The lowest BCUT2D eigenvalue weighted by Gasteiger charge is -2.19. The number of methoxy groups -OCH3 is 1. The van der Waals surface area contributed by atoms with Gasteiger partial charge >= 0.3 is 5.97 Å². The van der Waals surface area contributed by atoms with Gasteiger partial charge in [0.05, 0.1) is 12.8 Å². The minimum absolute atomic E-state index is 0.0284. The molecule has 1 unspecified atom stereocenters. The van der Waals surface area contributed by atoms with Gasteiger partial charge in [0.2, 0.25) is 0 Å². The first-order valence-electron chi connectivity index (χ1n) is 9.33. The van der Waals surface area contributed by atoms with Gasteiger partial charge in [-0.25, -0.2) is 8.42 Å². The van der Waals surface area contributed by atoms with Crippen LogP contribution in [0.15, 0.2) is 59.1 Å². The van der Waals surface area contributed by atoms with Crippen LogP contribution < -0.4 is 9.04 Å². The third-order valence-electron chi connectivity index (χ3n) is 5.11. The first kappa shape index (κ1) is 20.4. The Morgan fingerprint density at radius 1 is 1.30 bits per heavy atom. The molecule has 9 heteroatoms. The largest absolute Gasteiger partial charge is 0.497 e. The standard InChI is InChI=1S/C21H20N2O5S2/c1-28-16-5-6-18-17(11-16)15(4-8-20(24)25)13-23(18)30(26,27)21-9-7-19(29-21)14-3-2-10-22-12-14/h2-3,5-7,9-12,15H,4,8,13H2,1H3,(H,24,25). The molecule has 3 aromatic rings. The van der Waals surface area contributed by atoms with Gasteiger partial charge in [-0.3, -0.25) is 14.1 Å². The molecule has 0 saturated heterocycles. The Bertz CT molecular complexity index is 1180. The fraction of sp³-hybridized carbons (Fsp3) is 0.238. The van der Waals surface area contributed by atoms with Crippen LogP contribution in [-0.2, 0) is 14.8 Å². The molecule has 156 valence electrons. The Kier molecular flexibility index (Phi) is 5.48. The van der Waals surface area contributed by atoms with Gasteiger partial charge in [0.25, 0.3) is 10.0 Å². The highest BCUT2D eigenvalue weighted by Crippen LogP contribution is 2.44. The number of rotatable bonds is 7. The van der Waals surface area contributed by atoms with Gasteiger partial charge < -0.3 is 9.84 Å². The first-order valence-corrected chi connectivity index (χ1v) is 11.6. The molecular weight excluding hydrogens is 424 g/mol. The molecule has 1 aromatic carbocycles. The number of ether oxygens (including phenoxy) is 1. The van der Waals surface area contributed by atoms with E-state index in [1.807, 2.05) is 6.07 Å². The predicted molar refractivity (Wildman–Crippen MR) is 115 cm³/mol. The van der Waals surface area contributed by atoms with Gasteiger partial charge in [0, 0.05) is 41.7 Å². The smallest absolute Gasteiger partial charge is 0.303 e. The van der Waals surface area contributed by atoms with Crippen molar-refractivity contribution in [2.24, 2.45) is 0 Å². The van der Waals surface area contributed by atoms with E-state index in [4.69, 9.17) is 9.84 Å². The van der Waals surface area contributed by atoms with Crippen molar-refractivity contribution in [1.82, 2.24) is 4.98 Å². The van der Waals surface area contributed by atoms with Gasteiger partial charge in [-0.15, -0.1) is 11.3 Å². The fourth-order valence-electron chi connectivity index (χ4n) is 3.61. The van der Waals surface area contributed by atoms with E-state index in [9.17, 15) is 13.2 Å². The van der Waals surface area contributed by atoms with E-state index in [0.29, 0.717) is 17.9 Å². The lowest BCUT2D eigenvalue weighted by Crippen LogP contribution is -2.29. The Morgan fingerprint density at radius 3 is 2.83 bits per heavy atom. The highest BCUT2D eigenvalue weighted by molar-refractivity contribution is 7.94. The summed E-state index contributed by atoms with van der Waals surface area (Å²) in [7, 11) is -2.24. The summed E-state index contributed by atoms with van der Waals surface area (Å²) in [6.07, 6.45) is 3.69. The number of fused-ring (bicyclic) bond motifs is 1. The van der Waals surface area contributed by atoms with E-state index in [-0.39, 0.29) is 23.1 Å². The second-order valence-electron chi connectivity index (χ2n) is 6.95. The van der Waals surface area contributed by atoms with Crippen molar-refractivity contribution < 1.29 is 23.1 Å². The molecule has 4 rings (SSSR count). The Labute approximate surface area is 178 Å². The average molecular weight is 445 g/mol. The van der Waals surface area contributed by atoms with E-state index in [2.05, 4.69) is 4.98 Å². The molecule has 0 saturated carbocycles. The van der Waals surface area contributed by atoms with Crippen molar-refractivity contribution in [3.8, 4) is 16.2 Å². The number of carboxylic acid groups (broad SMARTS) is 1. The van der Waals surface area contributed by atoms with Crippen LogP contribution in [-0.4, -0.2) is 38.1 Å². The summed E-state index contributed by atoms with van der Waals surface area (Å²) in [5.74, 6) is -0.498. The quantitative estimate of drug-likeness (QED) is 0.592. The number of nitrogens with zero attached hydrogens (tertiary/aromatic N) is 2. The number of aromatic nitrogens is 1. The molecule has 2 aromatic heterocycles. The van der Waals surface area contributed by atoms with Crippen LogP contribution in [0.4, 0.5) is 5.69 Å². The summed E-state index contributed by atoms with van der Waals surface area (Å²) >= 11 is 1.19. The minimum Gasteiger partial charge on any atom is -0.497 e.